The maximum atomic E-state index is 4.34. The molecule has 0 spiro atoms. The van der Waals surface area contributed by atoms with Crippen molar-refractivity contribution in [2.24, 2.45) is 7.05 Å². The minimum absolute atomic E-state index is 0.144. The number of rotatable bonds is 3. The largest absolute Gasteiger partial charge is 0.388 e. The summed E-state index contributed by atoms with van der Waals surface area (Å²) in [5.74, 6) is 0.823. The van der Waals surface area contributed by atoms with E-state index in [1.807, 2.05) is 55.3 Å². The summed E-state index contributed by atoms with van der Waals surface area (Å²) in [4.78, 5) is 0. The normalized spacial score (nSPS) is 16.4. The molecule has 3 heterocycles. The van der Waals surface area contributed by atoms with Gasteiger partial charge in [-0.05, 0) is 24.3 Å². The lowest BCUT2D eigenvalue weighted by Crippen LogP contribution is -2.16. The average molecular weight is 312 g/mol. The first-order valence-corrected chi connectivity index (χ1v) is 7.93. The van der Waals surface area contributed by atoms with Crippen molar-refractivity contribution in [1.82, 2.24) is 19.4 Å². The Balaban J connectivity index is 1.72. The third-order valence-electron chi connectivity index (χ3n) is 3.79. The van der Waals surface area contributed by atoms with E-state index in [1.165, 1.54) is 5.69 Å². The SMILES string of the molecule is CNc1ccccc1-c1nnc2n1NC(c1cccn1C)S2. The van der Waals surface area contributed by atoms with E-state index in [4.69, 9.17) is 0 Å². The number of anilines is 1. The molecule has 22 heavy (non-hydrogen) atoms. The van der Waals surface area contributed by atoms with Crippen LogP contribution in [0.4, 0.5) is 5.69 Å². The number of benzene rings is 1. The molecule has 0 bridgehead atoms. The molecule has 1 atom stereocenters. The first-order valence-electron chi connectivity index (χ1n) is 7.05. The standard InChI is InChI=1S/C15H16N6S/c1-16-11-7-4-3-6-10(11)13-17-18-15-21(13)19-14(22-15)12-8-5-9-20(12)2/h3-9,14,16,19H,1-2H3. The lowest BCUT2D eigenvalue weighted by atomic mass is 10.1. The summed E-state index contributed by atoms with van der Waals surface area (Å²) < 4.78 is 4.09. The van der Waals surface area contributed by atoms with Crippen LogP contribution in [0, 0.1) is 0 Å². The third-order valence-corrected chi connectivity index (χ3v) is 4.85. The summed E-state index contributed by atoms with van der Waals surface area (Å²) >= 11 is 1.67. The number of para-hydroxylation sites is 1. The maximum Gasteiger partial charge on any atom is 0.212 e. The Morgan fingerprint density at radius 2 is 2.05 bits per heavy atom. The molecule has 1 aromatic carbocycles. The molecular formula is C15H16N6S. The molecule has 1 unspecified atom stereocenters. The number of aromatic nitrogens is 4. The van der Waals surface area contributed by atoms with Crippen LogP contribution in [0.25, 0.3) is 11.4 Å². The van der Waals surface area contributed by atoms with Gasteiger partial charge in [-0.3, -0.25) is 0 Å². The molecule has 1 aliphatic rings. The summed E-state index contributed by atoms with van der Waals surface area (Å²) in [6.45, 7) is 0. The van der Waals surface area contributed by atoms with Crippen molar-refractivity contribution in [3.63, 3.8) is 0 Å². The Bertz CT molecular complexity index is 821. The molecule has 0 saturated carbocycles. The average Bonchev–Trinajstić information content (AvgIpc) is 3.21. The third kappa shape index (κ3) is 1.97. The zero-order valence-electron chi connectivity index (χ0n) is 12.3. The van der Waals surface area contributed by atoms with E-state index in [0.29, 0.717) is 0 Å². The number of thioether (sulfide) groups is 1. The summed E-state index contributed by atoms with van der Waals surface area (Å²) in [6.07, 6.45) is 2.05. The topological polar surface area (TPSA) is 59.7 Å². The maximum absolute atomic E-state index is 4.34. The number of hydrogen-bond donors (Lipinski definition) is 2. The van der Waals surface area contributed by atoms with Crippen LogP contribution >= 0.6 is 11.8 Å². The van der Waals surface area contributed by atoms with Crippen molar-refractivity contribution in [2.45, 2.75) is 10.5 Å². The highest BCUT2D eigenvalue weighted by atomic mass is 32.2. The predicted molar refractivity (Wildman–Crippen MR) is 88.4 cm³/mol. The van der Waals surface area contributed by atoms with Crippen LogP contribution in [0.3, 0.4) is 0 Å². The van der Waals surface area contributed by atoms with Gasteiger partial charge in [0.05, 0.1) is 5.69 Å². The summed E-state index contributed by atoms with van der Waals surface area (Å²) in [7, 11) is 3.96. The van der Waals surface area contributed by atoms with Crippen LogP contribution in [-0.4, -0.2) is 26.5 Å². The van der Waals surface area contributed by atoms with Gasteiger partial charge in [0.1, 0.15) is 5.37 Å². The van der Waals surface area contributed by atoms with Gasteiger partial charge in [-0.2, -0.15) is 0 Å². The Hall–Kier alpha value is -2.41. The Labute approximate surface area is 132 Å². The van der Waals surface area contributed by atoms with Crippen molar-refractivity contribution < 1.29 is 0 Å². The molecule has 0 saturated heterocycles. The Morgan fingerprint density at radius 1 is 1.18 bits per heavy atom. The van der Waals surface area contributed by atoms with Crippen LogP contribution in [0.2, 0.25) is 0 Å². The number of hydrogen-bond acceptors (Lipinski definition) is 5. The van der Waals surface area contributed by atoms with Crippen LogP contribution in [0.15, 0.2) is 47.8 Å². The van der Waals surface area contributed by atoms with Gasteiger partial charge in [-0.1, -0.05) is 23.9 Å². The van der Waals surface area contributed by atoms with E-state index in [0.717, 1.165) is 22.2 Å². The van der Waals surface area contributed by atoms with Gasteiger partial charge in [0.2, 0.25) is 5.16 Å². The lowest BCUT2D eigenvalue weighted by Gasteiger charge is -2.14. The van der Waals surface area contributed by atoms with E-state index in [2.05, 4.69) is 31.6 Å². The molecule has 7 heteroatoms. The van der Waals surface area contributed by atoms with Crippen molar-refractivity contribution in [3.05, 3.63) is 48.3 Å². The molecule has 4 rings (SSSR count). The number of nitrogens with one attached hydrogen (secondary N) is 2. The fourth-order valence-corrected chi connectivity index (χ4v) is 3.72. The second-order valence-corrected chi connectivity index (χ2v) is 6.18. The van der Waals surface area contributed by atoms with Crippen LogP contribution in [0.5, 0.6) is 0 Å². The zero-order valence-corrected chi connectivity index (χ0v) is 13.1. The zero-order chi connectivity index (χ0) is 15.1. The van der Waals surface area contributed by atoms with Crippen LogP contribution in [0.1, 0.15) is 11.1 Å². The lowest BCUT2D eigenvalue weighted by molar-refractivity contribution is 0.754. The monoisotopic (exact) mass is 312 g/mol. The molecule has 6 nitrogen and oxygen atoms in total. The fraction of sp³-hybridized carbons (Fsp3) is 0.200. The molecule has 1 aliphatic heterocycles. The molecular weight excluding hydrogens is 296 g/mol. The molecule has 2 N–H and O–H groups in total. The van der Waals surface area contributed by atoms with Crippen LogP contribution in [-0.2, 0) is 7.05 Å². The van der Waals surface area contributed by atoms with Crippen molar-refractivity contribution >= 4 is 17.4 Å². The van der Waals surface area contributed by atoms with Crippen LogP contribution < -0.4 is 10.7 Å². The first-order chi connectivity index (χ1) is 10.8. The second-order valence-electron chi connectivity index (χ2n) is 5.11. The Kier molecular flexibility index (Phi) is 3.07. The molecule has 0 amide bonds. The van der Waals surface area contributed by atoms with E-state index in [1.54, 1.807) is 11.8 Å². The van der Waals surface area contributed by atoms with Gasteiger partial charge in [-0.15, -0.1) is 10.2 Å². The minimum atomic E-state index is 0.144. The Morgan fingerprint density at radius 3 is 2.82 bits per heavy atom. The minimum Gasteiger partial charge on any atom is -0.388 e. The molecule has 0 aliphatic carbocycles. The molecule has 112 valence electrons. The summed E-state index contributed by atoms with van der Waals surface area (Å²) in [5, 5.41) is 12.9. The molecule has 0 radical (unpaired) electrons. The van der Waals surface area contributed by atoms with E-state index < -0.39 is 0 Å². The van der Waals surface area contributed by atoms with Gasteiger partial charge in [0.15, 0.2) is 5.82 Å². The molecule has 0 fully saturated rings. The van der Waals surface area contributed by atoms with E-state index in [-0.39, 0.29) is 5.37 Å². The summed E-state index contributed by atoms with van der Waals surface area (Å²) in [5.41, 5.74) is 6.76. The van der Waals surface area contributed by atoms with Crippen molar-refractivity contribution in [2.75, 3.05) is 17.8 Å². The second kappa shape index (κ2) is 5.10. The highest BCUT2D eigenvalue weighted by Crippen LogP contribution is 2.40. The summed E-state index contributed by atoms with van der Waals surface area (Å²) in [6, 6.07) is 12.3. The molecule has 3 aromatic rings. The van der Waals surface area contributed by atoms with E-state index in [9.17, 15) is 0 Å². The van der Waals surface area contributed by atoms with Crippen molar-refractivity contribution in [3.8, 4) is 11.4 Å². The highest BCUT2D eigenvalue weighted by molar-refractivity contribution is 7.99. The first kappa shape index (κ1) is 13.3. The van der Waals surface area contributed by atoms with Gasteiger partial charge >= 0.3 is 0 Å². The van der Waals surface area contributed by atoms with Gasteiger partial charge in [0, 0.05) is 31.5 Å². The fourth-order valence-electron chi connectivity index (χ4n) is 2.66. The molecule has 2 aromatic heterocycles. The smallest absolute Gasteiger partial charge is 0.212 e. The highest BCUT2D eigenvalue weighted by Gasteiger charge is 2.29. The number of fused-ring (bicyclic) bond motifs is 1. The van der Waals surface area contributed by atoms with E-state index >= 15 is 0 Å². The van der Waals surface area contributed by atoms with Gasteiger partial charge in [-0.25, -0.2) is 4.68 Å². The predicted octanol–water partition coefficient (Wildman–Crippen LogP) is 2.67. The number of nitrogens with zero attached hydrogens (tertiary/aromatic N) is 4. The van der Waals surface area contributed by atoms with Gasteiger partial charge < -0.3 is 15.3 Å². The van der Waals surface area contributed by atoms with Gasteiger partial charge in [0.25, 0.3) is 0 Å². The number of aryl methyl sites for hydroxylation is 1. The van der Waals surface area contributed by atoms with Crippen molar-refractivity contribution in [1.29, 1.82) is 0 Å². The quantitative estimate of drug-likeness (QED) is 0.778.